The summed E-state index contributed by atoms with van der Waals surface area (Å²) in [6.45, 7) is 3.15. The molecule has 0 aliphatic heterocycles. The van der Waals surface area contributed by atoms with Crippen LogP contribution in [-0.4, -0.2) is 29.3 Å². The summed E-state index contributed by atoms with van der Waals surface area (Å²) in [6, 6.07) is 7.79. The zero-order chi connectivity index (χ0) is 16.2. The summed E-state index contributed by atoms with van der Waals surface area (Å²) in [6.07, 6.45) is 8.33. The molecule has 1 rings (SSSR count). The van der Waals surface area contributed by atoms with E-state index >= 15 is 0 Å². The van der Waals surface area contributed by atoms with Crippen molar-refractivity contribution in [3.63, 3.8) is 0 Å². The third kappa shape index (κ3) is 9.26. The zero-order valence-corrected chi connectivity index (χ0v) is 15.7. The quantitative estimate of drug-likeness (QED) is 0.418. The smallest absolute Gasteiger partial charge is 0.106 e. The summed E-state index contributed by atoms with van der Waals surface area (Å²) in [5.41, 5.74) is 7.98. The third-order valence-electron chi connectivity index (χ3n) is 3.79. The summed E-state index contributed by atoms with van der Waals surface area (Å²) in [5, 5.41) is 12.5. The van der Waals surface area contributed by atoms with E-state index in [1.807, 2.05) is 24.3 Å². The second kappa shape index (κ2) is 13.7. The van der Waals surface area contributed by atoms with Crippen molar-refractivity contribution in [1.29, 1.82) is 0 Å². The lowest BCUT2D eigenvalue weighted by molar-refractivity contribution is 0.265. The Balaban J connectivity index is 0.00000484. The Labute approximate surface area is 152 Å². The summed E-state index contributed by atoms with van der Waals surface area (Å²) in [4.78, 5) is 0.786. The van der Waals surface area contributed by atoms with Crippen LogP contribution in [0.4, 0.5) is 0 Å². The van der Waals surface area contributed by atoms with Gasteiger partial charge in [0.2, 0.25) is 0 Å². The molecule has 0 aromatic heterocycles. The van der Waals surface area contributed by atoms with Crippen molar-refractivity contribution in [2.45, 2.75) is 57.9 Å². The average molecular weight is 359 g/mol. The molecule has 23 heavy (non-hydrogen) atoms. The van der Waals surface area contributed by atoms with Gasteiger partial charge in [-0.15, -0.1) is 12.4 Å². The van der Waals surface area contributed by atoms with Gasteiger partial charge in [-0.3, -0.25) is 0 Å². The molecule has 0 aliphatic carbocycles. The molecular weight excluding hydrogens is 328 g/mol. The molecule has 0 saturated heterocycles. The highest BCUT2D eigenvalue weighted by molar-refractivity contribution is 7.80. The molecule has 0 fully saturated rings. The number of aliphatic hydroxyl groups is 1. The van der Waals surface area contributed by atoms with Crippen LogP contribution in [0, 0.1) is 0 Å². The molecule has 1 aromatic rings. The third-order valence-corrected chi connectivity index (χ3v) is 4.16. The van der Waals surface area contributed by atoms with E-state index in [2.05, 4.69) is 12.2 Å². The standard InChI is InChI=1S/C18H30N2OS.ClH/c1-2-3-4-5-6-9-12-20-18(22)17-11-8-7-10-15(17)13-16(19)14-21;/h7-8,10-11,16,21H,2-6,9,12-14,19H2,1H3,(H,20,22);1H/t16-;/m1./s1. The van der Waals surface area contributed by atoms with Crippen molar-refractivity contribution < 1.29 is 5.11 Å². The van der Waals surface area contributed by atoms with Gasteiger partial charge in [0, 0.05) is 18.2 Å². The second-order valence-corrected chi connectivity index (χ2v) is 6.24. The van der Waals surface area contributed by atoms with Crippen molar-refractivity contribution in [1.82, 2.24) is 5.32 Å². The molecule has 0 spiro atoms. The molecule has 5 heteroatoms. The van der Waals surface area contributed by atoms with Gasteiger partial charge in [-0.1, -0.05) is 75.5 Å². The van der Waals surface area contributed by atoms with Gasteiger partial charge in [0.05, 0.1) is 6.61 Å². The maximum atomic E-state index is 9.11. The Morgan fingerprint density at radius 2 is 1.83 bits per heavy atom. The van der Waals surface area contributed by atoms with Crippen LogP contribution >= 0.6 is 24.6 Å². The Hall–Kier alpha value is -0.680. The number of benzene rings is 1. The summed E-state index contributed by atoms with van der Waals surface area (Å²) >= 11 is 5.50. The first-order chi connectivity index (χ1) is 10.7. The predicted octanol–water partition coefficient (Wildman–Crippen LogP) is 3.60. The Morgan fingerprint density at radius 1 is 1.17 bits per heavy atom. The van der Waals surface area contributed by atoms with Crippen molar-refractivity contribution in [2.24, 2.45) is 5.73 Å². The van der Waals surface area contributed by atoms with Gasteiger partial charge in [0.1, 0.15) is 4.99 Å². The largest absolute Gasteiger partial charge is 0.395 e. The van der Waals surface area contributed by atoms with Gasteiger partial charge in [-0.25, -0.2) is 0 Å². The molecule has 0 heterocycles. The summed E-state index contributed by atoms with van der Waals surface area (Å²) < 4.78 is 0. The van der Waals surface area contributed by atoms with Crippen LogP contribution in [0.25, 0.3) is 0 Å². The van der Waals surface area contributed by atoms with Gasteiger partial charge >= 0.3 is 0 Å². The normalized spacial score (nSPS) is 11.6. The average Bonchev–Trinajstić information content (AvgIpc) is 2.54. The summed E-state index contributed by atoms with van der Waals surface area (Å²) in [5.74, 6) is 0. The van der Waals surface area contributed by atoms with Gasteiger partial charge in [0.25, 0.3) is 0 Å². The van der Waals surface area contributed by atoms with Crippen LogP contribution in [0.5, 0.6) is 0 Å². The number of nitrogens with two attached hydrogens (primary N) is 1. The molecule has 1 atom stereocenters. The fourth-order valence-corrected chi connectivity index (χ4v) is 2.77. The first kappa shape index (κ1) is 22.3. The van der Waals surface area contributed by atoms with Gasteiger partial charge in [-0.05, 0) is 18.4 Å². The highest BCUT2D eigenvalue weighted by Gasteiger charge is 2.10. The number of aliphatic hydroxyl groups excluding tert-OH is 1. The highest BCUT2D eigenvalue weighted by atomic mass is 35.5. The number of halogens is 1. The van der Waals surface area contributed by atoms with Crippen LogP contribution in [0.3, 0.4) is 0 Å². The van der Waals surface area contributed by atoms with Crippen LogP contribution in [-0.2, 0) is 6.42 Å². The van der Waals surface area contributed by atoms with Crippen molar-refractivity contribution in [2.75, 3.05) is 13.2 Å². The van der Waals surface area contributed by atoms with Crippen molar-refractivity contribution in [3.8, 4) is 0 Å². The Kier molecular flexibility index (Phi) is 13.3. The molecule has 0 radical (unpaired) electrons. The maximum absolute atomic E-state index is 9.11. The maximum Gasteiger partial charge on any atom is 0.106 e. The van der Waals surface area contributed by atoms with E-state index in [9.17, 15) is 0 Å². The number of rotatable bonds is 11. The summed E-state index contributed by atoms with van der Waals surface area (Å²) in [7, 11) is 0. The Morgan fingerprint density at radius 3 is 2.52 bits per heavy atom. The lowest BCUT2D eigenvalue weighted by Crippen LogP contribution is -2.29. The van der Waals surface area contributed by atoms with E-state index in [-0.39, 0.29) is 25.1 Å². The molecule has 0 unspecified atom stereocenters. The minimum atomic E-state index is -0.234. The van der Waals surface area contributed by atoms with E-state index in [0.29, 0.717) is 6.42 Å². The van der Waals surface area contributed by atoms with Crippen molar-refractivity contribution >= 4 is 29.6 Å². The minimum Gasteiger partial charge on any atom is -0.395 e. The fraction of sp³-hybridized carbons (Fsp3) is 0.611. The number of nitrogens with one attached hydrogen (secondary N) is 1. The number of hydrogen-bond donors (Lipinski definition) is 3. The van der Waals surface area contributed by atoms with E-state index < -0.39 is 0 Å². The van der Waals surface area contributed by atoms with Crippen molar-refractivity contribution in [3.05, 3.63) is 35.4 Å². The van der Waals surface area contributed by atoms with E-state index in [0.717, 1.165) is 29.1 Å². The topological polar surface area (TPSA) is 58.3 Å². The second-order valence-electron chi connectivity index (χ2n) is 5.83. The zero-order valence-electron chi connectivity index (χ0n) is 14.1. The number of unbranched alkanes of at least 4 members (excludes halogenated alkanes) is 5. The molecule has 1 aromatic carbocycles. The molecule has 0 aliphatic rings. The Bertz CT molecular complexity index is 443. The lowest BCUT2D eigenvalue weighted by atomic mass is 10.0. The lowest BCUT2D eigenvalue weighted by Gasteiger charge is -2.15. The predicted molar refractivity (Wildman–Crippen MR) is 106 cm³/mol. The number of hydrogen-bond acceptors (Lipinski definition) is 3. The van der Waals surface area contributed by atoms with Gasteiger partial charge in [-0.2, -0.15) is 0 Å². The molecule has 0 bridgehead atoms. The van der Waals surface area contributed by atoms with E-state index in [1.165, 1.54) is 32.1 Å². The van der Waals surface area contributed by atoms with E-state index in [1.54, 1.807) is 0 Å². The molecule has 0 saturated carbocycles. The molecule has 3 nitrogen and oxygen atoms in total. The SMILES string of the molecule is CCCCCCCCNC(=S)c1ccccc1C[C@@H](N)CO.Cl. The molecular formula is C18H31ClN2OS. The fourth-order valence-electron chi connectivity index (χ4n) is 2.47. The molecule has 0 amide bonds. The monoisotopic (exact) mass is 358 g/mol. The van der Waals surface area contributed by atoms with Crippen LogP contribution in [0.15, 0.2) is 24.3 Å². The molecule has 4 N–H and O–H groups in total. The van der Waals surface area contributed by atoms with Gasteiger partial charge in [0.15, 0.2) is 0 Å². The first-order valence-corrected chi connectivity index (χ1v) is 8.82. The first-order valence-electron chi connectivity index (χ1n) is 8.41. The molecule has 132 valence electrons. The van der Waals surface area contributed by atoms with Crippen LogP contribution < -0.4 is 11.1 Å². The van der Waals surface area contributed by atoms with Crippen LogP contribution in [0.1, 0.15) is 56.6 Å². The van der Waals surface area contributed by atoms with Crippen LogP contribution in [0.2, 0.25) is 0 Å². The highest BCUT2D eigenvalue weighted by Crippen LogP contribution is 2.12. The van der Waals surface area contributed by atoms with Gasteiger partial charge < -0.3 is 16.2 Å². The minimum absolute atomic E-state index is 0. The van der Waals surface area contributed by atoms with E-state index in [4.69, 9.17) is 23.1 Å². The number of thiocarbonyl (C=S) groups is 1.